The Balaban J connectivity index is 2.19. The van der Waals surface area contributed by atoms with E-state index in [-0.39, 0.29) is 16.7 Å². The van der Waals surface area contributed by atoms with Crippen LogP contribution in [0.3, 0.4) is 0 Å². The van der Waals surface area contributed by atoms with Gasteiger partial charge in [-0.1, -0.05) is 43.6 Å². The fourth-order valence-electron chi connectivity index (χ4n) is 2.25. The van der Waals surface area contributed by atoms with Crippen LogP contribution in [0.5, 0.6) is 0 Å². The first-order chi connectivity index (χ1) is 13.0. The van der Waals surface area contributed by atoms with E-state index < -0.39 is 17.0 Å². The molecule has 0 saturated carbocycles. The number of anilines is 1. The highest BCUT2D eigenvalue weighted by Gasteiger charge is 2.22. The van der Waals surface area contributed by atoms with Gasteiger partial charge in [-0.2, -0.15) is 0 Å². The Morgan fingerprint density at radius 2 is 1.93 bits per heavy atom. The molecule has 7 heteroatoms. The molecule has 144 valence electrons. The molecule has 2 rings (SSSR count). The van der Waals surface area contributed by atoms with E-state index in [0.717, 1.165) is 12.5 Å². The van der Waals surface area contributed by atoms with Gasteiger partial charge in [-0.15, -0.1) is 11.8 Å². The number of halogens is 2. The molecule has 0 aliphatic carbocycles. The molecule has 0 fully saturated rings. The molecule has 0 heterocycles. The van der Waals surface area contributed by atoms with Gasteiger partial charge in [-0.25, -0.2) is 4.39 Å². The van der Waals surface area contributed by atoms with E-state index in [1.165, 1.54) is 17.8 Å². The third kappa shape index (κ3) is 5.97. The largest absolute Gasteiger partial charge is 0.465 e. The topological polar surface area (TPSA) is 55.4 Å². The van der Waals surface area contributed by atoms with E-state index in [4.69, 9.17) is 16.3 Å². The quantitative estimate of drug-likeness (QED) is 0.458. The second-order valence-electron chi connectivity index (χ2n) is 5.76. The number of benzene rings is 2. The molecule has 0 radical (unpaired) electrons. The Morgan fingerprint density at radius 1 is 1.22 bits per heavy atom. The van der Waals surface area contributed by atoms with Crippen molar-refractivity contribution in [2.45, 2.75) is 36.8 Å². The van der Waals surface area contributed by atoms with Crippen molar-refractivity contribution in [1.82, 2.24) is 0 Å². The predicted octanol–water partition coefficient (Wildman–Crippen LogP) is 5.56. The summed E-state index contributed by atoms with van der Waals surface area (Å²) in [7, 11) is 0. The van der Waals surface area contributed by atoms with Gasteiger partial charge in [-0.05, 0) is 37.1 Å². The van der Waals surface area contributed by atoms with E-state index in [0.29, 0.717) is 23.5 Å². The maximum Gasteiger partial charge on any atom is 0.319 e. The summed E-state index contributed by atoms with van der Waals surface area (Å²) in [6.45, 7) is 4.13. The highest BCUT2D eigenvalue weighted by atomic mass is 35.5. The molecule has 1 N–H and O–H groups in total. The van der Waals surface area contributed by atoms with E-state index in [1.807, 2.05) is 13.8 Å². The number of amides is 1. The van der Waals surface area contributed by atoms with Gasteiger partial charge >= 0.3 is 5.97 Å². The number of ether oxygens (including phenoxy) is 1. The zero-order chi connectivity index (χ0) is 19.8. The second kappa shape index (κ2) is 10.3. The average Bonchev–Trinajstić information content (AvgIpc) is 2.67. The monoisotopic (exact) mass is 409 g/mol. The van der Waals surface area contributed by atoms with E-state index in [1.54, 1.807) is 30.3 Å². The van der Waals surface area contributed by atoms with Crippen LogP contribution in [0.1, 0.15) is 37.0 Å². The summed E-state index contributed by atoms with van der Waals surface area (Å²) in [4.78, 5) is 24.9. The molecule has 0 bridgehead atoms. The fraction of sp³-hybridized carbons (Fsp3) is 0.300. The van der Waals surface area contributed by atoms with Crippen LogP contribution in [0.2, 0.25) is 5.02 Å². The fourth-order valence-corrected chi connectivity index (χ4v) is 3.53. The third-order valence-electron chi connectivity index (χ3n) is 3.66. The number of nitrogens with one attached hydrogen (secondary N) is 1. The van der Waals surface area contributed by atoms with Crippen LogP contribution in [-0.2, 0) is 9.53 Å². The molecule has 0 aliphatic rings. The summed E-state index contributed by atoms with van der Waals surface area (Å²) in [5, 5.41) is 2.26. The van der Waals surface area contributed by atoms with Crippen molar-refractivity contribution in [2.75, 3.05) is 11.9 Å². The lowest BCUT2D eigenvalue weighted by Gasteiger charge is -2.16. The molecule has 0 spiro atoms. The molecule has 1 atom stereocenters. The molecule has 2 aromatic carbocycles. The Morgan fingerprint density at radius 3 is 2.56 bits per heavy atom. The van der Waals surface area contributed by atoms with Gasteiger partial charge in [0.2, 0.25) is 0 Å². The van der Waals surface area contributed by atoms with Crippen molar-refractivity contribution < 1.29 is 18.7 Å². The molecule has 1 unspecified atom stereocenters. The second-order valence-corrected chi connectivity index (χ2v) is 7.42. The number of hydrogen-bond acceptors (Lipinski definition) is 4. The van der Waals surface area contributed by atoms with Crippen molar-refractivity contribution in [2.24, 2.45) is 0 Å². The SMILES string of the molecule is CCCOC(=O)C(CC)Sc1cc(NC(=O)c2ccccc2)c(F)cc1Cl. The number of carbonyl (C=O) groups is 2. The first-order valence-corrected chi connectivity index (χ1v) is 9.90. The first-order valence-electron chi connectivity index (χ1n) is 8.65. The van der Waals surface area contributed by atoms with Gasteiger partial charge in [0, 0.05) is 10.5 Å². The minimum Gasteiger partial charge on any atom is -0.465 e. The van der Waals surface area contributed by atoms with Gasteiger partial charge in [0.1, 0.15) is 11.1 Å². The normalized spacial score (nSPS) is 11.7. The van der Waals surface area contributed by atoms with E-state index in [9.17, 15) is 14.0 Å². The Kier molecular flexibility index (Phi) is 8.13. The first kappa shape index (κ1) is 21.3. The average molecular weight is 410 g/mol. The van der Waals surface area contributed by atoms with Gasteiger partial charge in [0.25, 0.3) is 5.91 Å². The van der Waals surface area contributed by atoms with Gasteiger partial charge in [0.15, 0.2) is 0 Å². The van der Waals surface area contributed by atoms with Gasteiger partial charge in [-0.3, -0.25) is 9.59 Å². The van der Waals surface area contributed by atoms with Crippen LogP contribution in [0.15, 0.2) is 47.4 Å². The van der Waals surface area contributed by atoms with Crippen molar-refractivity contribution >= 4 is 40.9 Å². The molecule has 0 aromatic heterocycles. The molecule has 27 heavy (non-hydrogen) atoms. The summed E-state index contributed by atoms with van der Waals surface area (Å²) in [5.74, 6) is -1.41. The molecule has 2 aromatic rings. The Bertz CT molecular complexity index is 801. The molecular weight excluding hydrogens is 389 g/mol. The van der Waals surface area contributed by atoms with Crippen molar-refractivity contribution in [3.05, 3.63) is 58.9 Å². The van der Waals surface area contributed by atoms with Crippen LogP contribution >= 0.6 is 23.4 Å². The molecule has 0 saturated heterocycles. The number of carbonyl (C=O) groups excluding carboxylic acids is 2. The zero-order valence-electron chi connectivity index (χ0n) is 15.1. The lowest BCUT2D eigenvalue weighted by Crippen LogP contribution is -2.20. The van der Waals surface area contributed by atoms with Crippen molar-refractivity contribution in [3.63, 3.8) is 0 Å². The van der Waals surface area contributed by atoms with Crippen molar-refractivity contribution in [1.29, 1.82) is 0 Å². The van der Waals surface area contributed by atoms with Crippen LogP contribution < -0.4 is 5.32 Å². The highest BCUT2D eigenvalue weighted by molar-refractivity contribution is 8.00. The predicted molar refractivity (Wildman–Crippen MR) is 107 cm³/mol. The summed E-state index contributed by atoms with van der Waals surface area (Å²) < 4.78 is 19.4. The maximum absolute atomic E-state index is 14.3. The Hall–Kier alpha value is -2.05. The molecule has 0 aliphatic heterocycles. The van der Waals surface area contributed by atoms with E-state index >= 15 is 0 Å². The third-order valence-corrected chi connectivity index (χ3v) is 5.48. The molecule has 4 nitrogen and oxygen atoms in total. The standard InChI is InChI=1S/C20H21ClFNO3S/c1-3-10-26-20(25)17(4-2)27-18-12-16(15(22)11-14(18)21)23-19(24)13-8-6-5-7-9-13/h5-9,11-12,17H,3-4,10H2,1-2H3,(H,23,24). The summed E-state index contributed by atoms with van der Waals surface area (Å²) in [6, 6.07) is 11.1. The molecule has 1 amide bonds. The minimum absolute atomic E-state index is 0.00697. The number of thioether (sulfide) groups is 1. The van der Waals surface area contributed by atoms with Crippen molar-refractivity contribution in [3.8, 4) is 0 Å². The smallest absolute Gasteiger partial charge is 0.319 e. The Labute approximate surface area is 167 Å². The van der Waals surface area contributed by atoms with Gasteiger partial charge < -0.3 is 10.1 Å². The van der Waals surface area contributed by atoms with E-state index in [2.05, 4.69) is 5.32 Å². The highest BCUT2D eigenvalue weighted by Crippen LogP contribution is 2.36. The van der Waals surface area contributed by atoms with Crippen LogP contribution in [0.25, 0.3) is 0 Å². The number of rotatable bonds is 8. The maximum atomic E-state index is 14.3. The number of esters is 1. The van der Waals surface area contributed by atoms with Crippen LogP contribution in [0.4, 0.5) is 10.1 Å². The lowest BCUT2D eigenvalue weighted by atomic mass is 10.2. The lowest BCUT2D eigenvalue weighted by molar-refractivity contribution is -0.143. The summed E-state index contributed by atoms with van der Waals surface area (Å²) in [6.07, 6.45) is 1.27. The molecular formula is C20H21ClFNO3S. The number of hydrogen-bond donors (Lipinski definition) is 1. The van der Waals surface area contributed by atoms with Crippen LogP contribution in [-0.4, -0.2) is 23.7 Å². The van der Waals surface area contributed by atoms with Crippen LogP contribution in [0, 0.1) is 5.82 Å². The minimum atomic E-state index is -0.643. The summed E-state index contributed by atoms with van der Waals surface area (Å²) >= 11 is 7.33. The van der Waals surface area contributed by atoms with Gasteiger partial charge in [0.05, 0.1) is 17.3 Å². The summed E-state index contributed by atoms with van der Waals surface area (Å²) in [5.41, 5.74) is 0.420. The zero-order valence-corrected chi connectivity index (χ0v) is 16.7.